The average Bonchev–Trinajstić information content (AvgIpc) is 2.95. The van der Waals surface area contributed by atoms with Gasteiger partial charge in [0.05, 0.1) is 0 Å². The van der Waals surface area contributed by atoms with Crippen LogP contribution in [0.5, 0.6) is 0 Å². The van der Waals surface area contributed by atoms with E-state index in [0.717, 1.165) is 11.2 Å². The van der Waals surface area contributed by atoms with Crippen molar-refractivity contribution in [2.24, 2.45) is 0 Å². The number of thiocarbonyl (C=S) groups is 1. The molecule has 6 heteroatoms. The molecule has 3 rings (SSSR count). The Morgan fingerprint density at radius 1 is 1.14 bits per heavy atom. The second kappa shape index (κ2) is 5.72. The molecule has 5 nitrogen and oxygen atoms in total. The average molecular weight is 297 g/mol. The summed E-state index contributed by atoms with van der Waals surface area (Å²) in [5, 5.41) is 5.78. The lowest BCUT2D eigenvalue weighted by molar-refractivity contribution is 0.0978. The quantitative estimate of drug-likeness (QED) is 0.712. The van der Waals surface area contributed by atoms with Crippen molar-refractivity contribution in [1.29, 1.82) is 0 Å². The lowest BCUT2D eigenvalue weighted by Gasteiger charge is -2.09. The molecule has 0 spiro atoms. The van der Waals surface area contributed by atoms with E-state index in [0.29, 0.717) is 11.1 Å². The van der Waals surface area contributed by atoms with Crippen molar-refractivity contribution in [3.63, 3.8) is 0 Å². The fraction of sp³-hybridized carbons (Fsp3) is 0. The third-order valence-corrected chi connectivity index (χ3v) is 3.06. The van der Waals surface area contributed by atoms with Crippen molar-refractivity contribution in [3.05, 3.63) is 60.5 Å². The van der Waals surface area contributed by atoms with Crippen LogP contribution >= 0.6 is 12.2 Å². The lowest BCUT2D eigenvalue weighted by atomic mass is 10.2. The van der Waals surface area contributed by atoms with Crippen molar-refractivity contribution in [3.8, 4) is 0 Å². The highest BCUT2D eigenvalue weighted by atomic mass is 32.1. The summed E-state index contributed by atoms with van der Waals surface area (Å²) in [6.07, 6.45) is 1.38. The van der Waals surface area contributed by atoms with Crippen LogP contribution in [0.15, 0.2) is 59.3 Å². The van der Waals surface area contributed by atoms with E-state index in [9.17, 15) is 4.79 Å². The molecule has 104 valence electrons. The minimum atomic E-state index is -0.256. The minimum Gasteiger partial charge on any atom is -0.443 e. The van der Waals surface area contributed by atoms with Crippen LogP contribution in [0.4, 0.5) is 5.69 Å². The molecule has 1 heterocycles. The summed E-state index contributed by atoms with van der Waals surface area (Å²) in [4.78, 5) is 16.0. The van der Waals surface area contributed by atoms with Crippen molar-refractivity contribution < 1.29 is 9.21 Å². The molecule has 2 N–H and O–H groups in total. The molecule has 3 aromatic rings. The van der Waals surface area contributed by atoms with Crippen LogP contribution in [0, 0.1) is 0 Å². The van der Waals surface area contributed by atoms with Gasteiger partial charge >= 0.3 is 0 Å². The smallest absolute Gasteiger partial charge is 0.257 e. The van der Waals surface area contributed by atoms with Gasteiger partial charge in [-0.1, -0.05) is 18.2 Å². The Bertz CT molecular complexity index is 799. The first kappa shape index (κ1) is 13.3. The van der Waals surface area contributed by atoms with Gasteiger partial charge < -0.3 is 9.73 Å². The summed E-state index contributed by atoms with van der Waals surface area (Å²) >= 11 is 5.13. The molecule has 21 heavy (non-hydrogen) atoms. The summed E-state index contributed by atoms with van der Waals surface area (Å²) in [5.41, 5.74) is 2.68. The summed E-state index contributed by atoms with van der Waals surface area (Å²) in [7, 11) is 0. The number of nitrogens with one attached hydrogen (secondary N) is 2. The number of aromatic nitrogens is 1. The van der Waals surface area contributed by atoms with Gasteiger partial charge in [0.1, 0.15) is 5.52 Å². The molecule has 0 aliphatic rings. The second-order valence-corrected chi connectivity index (χ2v) is 4.72. The Hall–Kier alpha value is -2.73. The number of amides is 1. The Balaban J connectivity index is 1.67. The first-order chi connectivity index (χ1) is 10.2. The van der Waals surface area contributed by atoms with Crippen LogP contribution in [0.1, 0.15) is 10.4 Å². The Kier molecular flexibility index (Phi) is 3.61. The van der Waals surface area contributed by atoms with E-state index >= 15 is 0 Å². The highest BCUT2D eigenvalue weighted by molar-refractivity contribution is 7.80. The van der Waals surface area contributed by atoms with Crippen molar-refractivity contribution in [1.82, 2.24) is 10.3 Å². The van der Waals surface area contributed by atoms with Gasteiger partial charge in [-0.15, -0.1) is 0 Å². The summed E-state index contributed by atoms with van der Waals surface area (Å²) in [6.45, 7) is 0. The Morgan fingerprint density at radius 3 is 2.76 bits per heavy atom. The number of oxazole rings is 1. The monoisotopic (exact) mass is 297 g/mol. The van der Waals surface area contributed by atoms with Crippen molar-refractivity contribution in [2.45, 2.75) is 0 Å². The van der Waals surface area contributed by atoms with Crippen LogP contribution in [-0.4, -0.2) is 16.0 Å². The first-order valence-electron chi connectivity index (χ1n) is 6.23. The standard InChI is InChI=1S/C15H11N3O2S/c19-14(10-4-2-1-3-5-10)18-15(21)17-11-6-7-12-13(8-11)20-9-16-12/h1-9H,(H2,17,18,19,21). The zero-order valence-electron chi connectivity index (χ0n) is 10.9. The molecule has 0 bridgehead atoms. The van der Waals surface area contributed by atoms with Gasteiger partial charge in [-0.25, -0.2) is 4.98 Å². The Labute approximate surface area is 126 Å². The van der Waals surface area contributed by atoms with Gasteiger partial charge in [0, 0.05) is 17.3 Å². The minimum absolute atomic E-state index is 0.225. The molecule has 0 fully saturated rings. The summed E-state index contributed by atoms with van der Waals surface area (Å²) in [6, 6.07) is 14.3. The fourth-order valence-corrected chi connectivity index (χ4v) is 2.07. The predicted molar refractivity (Wildman–Crippen MR) is 84.1 cm³/mol. The van der Waals surface area contributed by atoms with E-state index in [4.69, 9.17) is 16.6 Å². The number of carbonyl (C=O) groups is 1. The maximum atomic E-state index is 11.9. The summed E-state index contributed by atoms with van der Waals surface area (Å²) < 4.78 is 5.21. The number of rotatable bonds is 2. The number of anilines is 1. The topological polar surface area (TPSA) is 67.2 Å². The highest BCUT2D eigenvalue weighted by Gasteiger charge is 2.08. The molecule has 0 atom stereocenters. The molecule has 0 saturated heterocycles. The van der Waals surface area contributed by atoms with Crippen LogP contribution in [0.3, 0.4) is 0 Å². The molecular weight excluding hydrogens is 286 g/mol. The lowest BCUT2D eigenvalue weighted by Crippen LogP contribution is -2.34. The van der Waals surface area contributed by atoms with E-state index in [-0.39, 0.29) is 11.0 Å². The number of benzene rings is 2. The fourth-order valence-electron chi connectivity index (χ4n) is 1.86. The van der Waals surface area contributed by atoms with E-state index < -0.39 is 0 Å². The maximum Gasteiger partial charge on any atom is 0.257 e. The van der Waals surface area contributed by atoms with Gasteiger partial charge in [-0.05, 0) is 36.5 Å². The van der Waals surface area contributed by atoms with Gasteiger partial charge in [0.15, 0.2) is 17.1 Å². The maximum absolute atomic E-state index is 11.9. The van der Waals surface area contributed by atoms with E-state index in [1.807, 2.05) is 18.2 Å². The molecule has 1 aromatic heterocycles. The summed E-state index contributed by atoms with van der Waals surface area (Å²) in [5.74, 6) is -0.256. The van der Waals surface area contributed by atoms with E-state index in [1.165, 1.54) is 6.39 Å². The van der Waals surface area contributed by atoms with Gasteiger partial charge in [0.2, 0.25) is 0 Å². The van der Waals surface area contributed by atoms with Crippen LogP contribution < -0.4 is 10.6 Å². The number of nitrogens with zero attached hydrogens (tertiary/aromatic N) is 1. The zero-order valence-corrected chi connectivity index (χ0v) is 11.7. The highest BCUT2D eigenvalue weighted by Crippen LogP contribution is 2.17. The molecule has 0 saturated carbocycles. The van der Waals surface area contributed by atoms with Gasteiger partial charge in [0.25, 0.3) is 5.91 Å². The Morgan fingerprint density at radius 2 is 1.95 bits per heavy atom. The third-order valence-electron chi connectivity index (χ3n) is 2.85. The molecule has 1 amide bonds. The van der Waals surface area contributed by atoms with Crippen LogP contribution in [0.2, 0.25) is 0 Å². The number of carbonyl (C=O) groups excluding carboxylic acids is 1. The largest absolute Gasteiger partial charge is 0.443 e. The van der Waals surface area contributed by atoms with Gasteiger partial charge in [-0.3, -0.25) is 10.1 Å². The third kappa shape index (κ3) is 3.06. The SMILES string of the molecule is O=C(NC(=S)Nc1ccc2ncoc2c1)c1ccccc1. The number of hydrogen-bond donors (Lipinski definition) is 2. The molecular formula is C15H11N3O2S. The van der Waals surface area contributed by atoms with E-state index in [2.05, 4.69) is 15.6 Å². The number of fused-ring (bicyclic) bond motifs is 1. The van der Waals surface area contributed by atoms with Gasteiger partial charge in [-0.2, -0.15) is 0 Å². The second-order valence-electron chi connectivity index (χ2n) is 4.31. The van der Waals surface area contributed by atoms with E-state index in [1.54, 1.807) is 30.3 Å². The molecule has 0 radical (unpaired) electrons. The first-order valence-corrected chi connectivity index (χ1v) is 6.64. The number of hydrogen-bond acceptors (Lipinski definition) is 4. The predicted octanol–water partition coefficient (Wildman–Crippen LogP) is 2.95. The molecule has 0 aliphatic heterocycles. The molecule has 0 aliphatic carbocycles. The molecule has 2 aromatic carbocycles. The van der Waals surface area contributed by atoms with Crippen LogP contribution in [-0.2, 0) is 0 Å². The van der Waals surface area contributed by atoms with Crippen LogP contribution in [0.25, 0.3) is 11.1 Å². The zero-order chi connectivity index (χ0) is 14.7. The molecule has 0 unspecified atom stereocenters. The normalized spacial score (nSPS) is 10.3. The van der Waals surface area contributed by atoms with Crippen molar-refractivity contribution >= 4 is 40.0 Å². The van der Waals surface area contributed by atoms with Crippen molar-refractivity contribution in [2.75, 3.05) is 5.32 Å².